The molecule has 4 aromatic carbocycles. The van der Waals surface area contributed by atoms with Crippen LogP contribution >= 0.6 is 63.7 Å². The smallest absolute Gasteiger partial charge is 0.0181 e. The van der Waals surface area contributed by atoms with Crippen molar-refractivity contribution in [3.63, 3.8) is 0 Å². The third-order valence-corrected chi connectivity index (χ3v) is 9.49. The van der Waals surface area contributed by atoms with E-state index in [0.717, 1.165) is 12.8 Å². The SMILES string of the molecule is Brc1cc2c3c(c1)Cc1cc(Br)cc(c1-3)CC2.Brc1cc2c3c(c1)Cc1cc(Br)cc(c1-3)CC2. The third-order valence-electron chi connectivity index (χ3n) is 7.66. The Morgan fingerprint density at radius 2 is 0.529 bits per heavy atom. The van der Waals surface area contributed by atoms with E-state index >= 15 is 0 Å². The van der Waals surface area contributed by atoms with E-state index < -0.39 is 0 Å². The fourth-order valence-electron chi connectivity index (χ4n) is 6.48. The lowest BCUT2D eigenvalue weighted by Gasteiger charge is -2.19. The quantitative estimate of drug-likeness (QED) is 0.148. The molecule has 0 aliphatic heterocycles. The van der Waals surface area contributed by atoms with E-state index in [0.29, 0.717) is 0 Å². The van der Waals surface area contributed by atoms with Gasteiger partial charge in [0.2, 0.25) is 0 Å². The van der Waals surface area contributed by atoms with Crippen LogP contribution in [-0.4, -0.2) is 0 Å². The first kappa shape index (κ1) is 22.0. The molecule has 0 fully saturated rings. The molecule has 34 heavy (non-hydrogen) atoms. The van der Waals surface area contributed by atoms with Crippen LogP contribution in [0.15, 0.2) is 66.4 Å². The number of rotatable bonds is 0. The van der Waals surface area contributed by atoms with Crippen molar-refractivity contribution in [3.8, 4) is 22.3 Å². The lowest BCUT2D eigenvalue weighted by Crippen LogP contribution is -2.03. The van der Waals surface area contributed by atoms with E-state index in [9.17, 15) is 0 Å². The monoisotopic (exact) mass is 696 g/mol. The molecule has 0 spiro atoms. The third kappa shape index (κ3) is 3.47. The Bertz CT molecular complexity index is 1310. The van der Waals surface area contributed by atoms with Gasteiger partial charge in [0.15, 0.2) is 0 Å². The number of benzene rings is 4. The normalized spacial score (nSPS) is 14.9. The number of halogens is 4. The van der Waals surface area contributed by atoms with Crippen LogP contribution in [0.25, 0.3) is 22.3 Å². The van der Waals surface area contributed by atoms with Gasteiger partial charge in [0.1, 0.15) is 0 Å². The second-order valence-corrected chi connectivity index (χ2v) is 13.4. The molecule has 4 aliphatic carbocycles. The van der Waals surface area contributed by atoms with Crippen molar-refractivity contribution in [1.29, 1.82) is 0 Å². The van der Waals surface area contributed by atoms with Crippen molar-refractivity contribution < 1.29 is 0 Å². The Kier molecular flexibility index (Phi) is 5.29. The highest BCUT2D eigenvalue weighted by Gasteiger charge is 2.29. The highest BCUT2D eigenvalue weighted by atomic mass is 79.9. The van der Waals surface area contributed by atoms with Gasteiger partial charge in [0.25, 0.3) is 0 Å². The van der Waals surface area contributed by atoms with Gasteiger partial charge in [-0.05, 0) is 154 Å². The van der Waals surface area contributed by atoms with E-state index in [2.05, 4.69) is 112 Å². The molecule has 4 aliphatic rings. The summed E-state index contributed by atoms with van der Waals surface area (Å²) in [6.45, 7) is 0. The summed E-state index contributed by atoms with van der Waals surface area (Å²) in [5.41, 5.74) is 18.1. The van der Waals surface area contributed by atoms with Crippen LogP contribution in [0.1, 0.15) is 44.5 Å². The van der Waals surface area contributed by atoms with Gasteiger partial charge >= 0.3 is 0 Å². The van der Waals surface area contributed by atoms with Crippen LogP contribution in [0.5, 0.6) is 0 Å². The average Bonchev–Trinajstić information content (AvgIpc) is 3.33. The molecule has 4 heteroatoms. The first-order valence-corrected chi connectivity index (χ1v) is 14.9. The molecule has 0 atom stereocenters. The van der Waals surface area contributed by atoms with E-state index in [-0.39, 0.29) is 0 Å². The maximum atomic E-state index is 3.63. The molecule has 0 saturated carbocycles. The zero-order valence-electron chi connectivity index (χ0n) is 18.4. The van der Waals surface area contributed by atoms with Crippen LogP contribution in [0.4, 0.5) is 0 Å². The summed E-state index contributed by atoms with van der Waals surface area (Å²) in [4.78, 5) is 0. The van der Waals surface area contributed by atoms with Crippen LogP contribution in [0.3, 0.4) is 0 Å². The Morgan fingerprint density at radius 1 is 0.324 bits per heavy atom. The van der Waals surface area contributed by atoms with E-state index in [1.165, 1.54) is 110 Å². The van der Waals surface area contributed by atoms with Crippen LogP contribution < -0.4 is 0 Å². The largest absolute Gasteiger partial charge is 0.0508 e. The fraction of sp³-hybridized carbons (Fsp3) is 0.200. The molecule has 0 aromatic heterocycles. The zero-order chi connectivity index (χ0) is 23.1. The zero-order valence-corrected chi connectivity index (χ0v) is 24.7. The molecular formula is C30H20Br4. The van der Waals surface area contributed by atoms with Gasteiger partial charge in [-0.15, -0.1) is 0 Å². The number of hydrogen-bond donors (Lipinski definition) is 0. The minimum atomic E-state index is 1.09. The minimum Gasteiger partial charge on any atom is -0.0508 e. The van der Waals surface area contributed by atoms with Gasteiger partial charge in [-0.25, -0.2) is 0 Å². The molecule has 0 amide bonds. The van der Waals surface area contributed by atoms with Gasteiger partial charge in [-0.2, -0.15) is 0 Å². The van der Waals surface area contributed by atoms with E-state index in [1.54, 1.807) is 0 Å². The molecule has 168 valence electrons. The van der Waals surface area contributed by atoms with Crippen LogP contribution in [0.2, 0.25) is 0 Å². The first-order valence-electron chi connectivity index (χ1n) is 11.7. The van der Waals surface area contributed by atoms with Crippen molar-refractivity contribution in [1.82, 2.24) is 0 Å². The number of aryl methyl sites for hydroxylation is 4. The summed E-state index contributed by atoms with van der Waals surface area (Å²) < 4.78 is 4.89. The van der Waals surface area contributed by atoms with Crippen LogP contribution in [0, 0.1) is 0 Å². The predicted octanol–water partition coefficient (Wildman–Crippen LogP) is 9.76. The van der Waals surface area contributed by atoms with Gasteiger partial charge in [0.05, 0.1) is 0 Å². The lowest BCUT2D eigenvalue weighted by molar-refractivity contribution is 0.941. The molecule has 0 heterocycles. The molecule has 8 rings (SSSR count). The highest BCUT2D eigenvalue weighted by Crippen LogP contribution is 2.48. The fourth-order valence-corrected chi connectivity index (χ4v) is 8.69. The van der Waals surface area contributed by atoms with Crippen molar-refractivity contribution in [3.05, 3.63) is 111 Å². The first-order chi connectivity index (χ1) is 16.4. The van der Waals surface area contributed by atoms with Gasteiger partial charge < -0.3 is 0 Å². The predicted molar refractivity (Wildman–Crippen MR) is 155 cm³/mol. The Labute approximate surface area is 233 Å². The highest BCUT2D eigenvalue weighted by molar-refractivity contribution is 9.11. The van der Waals surface area contributed by atoms with Crippen LogP contribution in [-0.2, 0) is 38.5 Å². The van der Waals surface area contributed by atoms with Crippen molar-refractivity contribution in [2.24, 2.45) is 0 Å². The Hall–Kier alpha value is -1.20. The molecule has 0 radical (unpaired) electrons. The van der Waals surface area contributed by atoms with Gasteiger partial charge in [0, 0.05) is 17.9 Å². The summed E-state index contributed by atoms with van der Waals surface area (Å²) in [6.07, 6.45) is 6.86. The molecule has 0 bridgehead atoms. The summed E-state index contributed by atoms with van der Waals surface area (Å²) >= 11 is 14.5. The molecule has 0 N–H and O–H groups in total. The van der Waals surface area contributed by atoms with Crippen molar-refractivity contribution >= 4 is 63.7 Å². The standard InChI is InChI=1S/2C15H10Br2/c2*16-12-4-8-1-2-9-5-13(17)7-11-3-10(6-12)14(8)15(9)11/h2*4-7H,1-3H2. The topological polar surface area (TPSA) is 0 Å². The van der Waals surface area contributed by atoms with Crippen molar-refractivity contribution in [2.75, 3.05) is 0 Å². The molecule has 0 unspecified atom stereocenters. The number of hydrogen-bond acceptors (Lipinski definition) is 0. The second-order valence-electron chi connectivity index (χ2n) is 9.75. The lowest BCUT2D eigenvalue weighted by atomic mass is 9.86. The Balaban J connectivity index is 0.000000118. The molecule has 0 saturated heterocycles. The Morgan fingerprint density at radius 3 is 0.765 bits per heavy atom. The van der Waals surface area contributed by atoms with E-state index in [1.807, 2.05) is 0 Å². The minimum absolute atomic E-state index is 1.09. The molecular weight excluding hydrogens is 680 g/mol. The maximum Gasteiger partial charge on any atom is 0.0181 e. The van der Waals surface area contributed by atoms with E-state index in [4.69, 9.17) is 0 Å². The second kappa shape index (κ2) is 8.16. The average molecular weight is 700 g/mol. The van der Waals surface area contributed by atoms with Crippen molar-refractivity contribution in [2.45, 2.75) is 38.5 Å². The molecule has 0 nitrogen and oxygen atoms in total. The summed E-state index contributed by atoms with van der Waals surface area (Å²) in [5, 5.41) is 0. The summed E-state index contributed by atoms with van der Waals surface area (Å²) in [5.74, 6) is 0. The van der Waals surface area contributed by atoms with Gasteiger partial charge in [-0.1, -0.05) is 63.7 Å². The van der Waals surface area contributed by atoms with Gasteiger partial charge in [-0.3, -0.25) is 0 Å². The summed E-state index contributed by atoms with van der Waals surface area (Å²) in [6, 6.07) is 18.3. The maximum absolute atomic E-state index is 3.63. The summed E-state index contributed by atoms with van der Waals surface area (Å²) in [7, 11) is 0. The molecule has 4 aromatic rings.